The van der Waals surface area contributed by atoms with Crippen LogP contribution in [0.25, 0.3) is 0 Å². The number of methoxy groups -OCH3 is 1. The van der Waals surface area contributed by atoms with Crippen molar-refractivity contribution in [2.75, 3.05) is 20.3 Å². The smallest absolute Gasteiger partial charge is 0.308 e. The minimum Gasteiger partial charge on any atom is -0.493 e. The number of rotatable bonds is 6. The predicted octanol–water partition coefficient (Wildman–Crippen LogP) is 2.29. The molecule has 2 rings (SSSR count). The molecule has 0 bridgehead atoms. The second-order valence-electron chi connectivity index (χ2n) is 5.06. The van der Waals surface area contributed by atoms with Gasteiger partial charge in [0.15, 0.2) is 11.5 Å². The third kappa shape index (κ3) is 3.52. The molecule has 1 aromatic rings. The number of carboxylic acid groups (broad SMARTS) is 1. The van der Waals surface area contributed by atoms with Crippen LogP contribution < -0.4 is 9.47 Å². The van der Waals surface area contributed by atoms with E-state index in [2.05, 4.69) is 15.9 Å². The van der Waals surface area contributed by atoms with E-state index in [4.69, 9.17) is 14.6 Å². The molecule has 1 atom stereocenters. The molecule has 22 heavy (non-hydrogen) atoms. The van der Waals surface area contributed by atoms with Crippen molar-refractivity contribution in [3.05, 3.63) is 22.2 Å². The average Bonchev–Trinajstić information content (AvgIpc) is 2.83. The van der Waals surface area contributed by atoms with Gasteiger partial charge in [-0.25, -0.2) is 0 Å². The molecule has 1 aromatic carbocycles. The van der Waals surface area contributed by atoms with Gasteiger partial charge in [-0.15, -0.1) is 0 Å². The van der Waals surface area contributed by atoms with E-state index in [-0.39, 0.29) is 18.9 Å². The highest BCUT2D eigenvalue weighted by Crippen LogP contribution is 2.37. The molecule has 0 spiro atoms. The molecule has 7 heteroatoms. The van der Waals surface area contributed by atoms with E-state index in [1.807, 2.05) is 13.0 Å². The summed E-state index contributed by atoms with van der Waals surface area (Å²) in [6.45, 7) is 2.99. The first-order valence-corrected chi connectivity index (χ1v) is 7.75. The summed E-state index contributed by atoms with van der Waals surface area (Å²) < 4.78 is 11.6. The summed E-state index contributed by atoms with van der Waals surface area (Å²) in [5.74, 6) is -0.504. The number of ether oxygens (including phenoxy) is 2. The van der Waals surface area contributed by atoms with Crippen LogP contribution in [0.2, 0.25) is 0 Å². The Balaban J connectivity index is 2.18. The molecule has 1 fully saturated rings. The minimum absolute atomic E-state index is 0.0602. The molecule has 1 aliphatic rings. The molecule has 0 saturated carbocycles. The monoisotopic (exact) mass is 371 g/mol. The number of likely N-dealkylation sites (tertiary alicyclic amines) is 1. The van der Waals surface area contributed by atoms with E-state index in [1.165, 1.54) is 0 Å². The molecule has 0 aromatic heterocycles. The maximum atomic E-state index is 11.9. The number of hydrogen-bond acceptors (Lipinski definition) is 4. The van der Waals surface area contributed by atoms with E-state index >= 15 is 0 Å². The lowest BCUT2D eigenvalue weighted by molar-refractivity contribution is -0.141. The lowest BCUT2D eigenvalue weighted by atomic mass is 10.1. The molecule has 6 nitrogen and oxygen atoms in total. The molecule has 1 aliphatic heterocycles. The van der Waals surface area contributed by atoms with Gasteiger partial charge in [-0.1, -0.05) is 0 Å². The summed E-state index contributed by atoms with van der Waals surface area (Å²) in [6, 6.07) is 3.66. The number of carbonyl (C=O) groups is 2. The molecule has 1 amide bonds. The first-order valence-electron chi connectivity index (χ1n) is 6.96. The molecular weight excluding hydrogens is 354 g/mol. The van der Waals surface area contributed by atoms with Gasteiger partial charge in [-0.3, -0.25) is 9.59 Å². The van der Waals surface area contributed by atoms with Crippen LogP contribution in [0.4, 0.5) is 0 Å². The summed E-state index contributed by atoms with van der Waals surface area (Å²) in [5, 5.41) is 9.01. The van der Waals surface area contributed by atoms with Gasteiger partial charge in [0.1, 0.15) is 0 Å². The molecule has 0 aliphatic carbocycles. The fourth-order valence-corrected chi connectivity index (χ4v) is 3.06. The highest BCUT2D eigenvalue weighted by Gasteiger charge is 2.34. The van der Waals surface area contributed by atoms with Crippen LogP contribution in [0, 0.1) is 5.92 Å². The lowest BCUT2D eigenvalue weighted by Gasteiger charge is -2.18. The van der Waals surface area contributed by atoms with Crippen LogP contribution in [0.5, 0.6) is 11.5 Å². The van der Waals surface area contributed by atoms with Crippen molar-refractivity contribution in [3.8, 4) is 11.5 Å². The highest BCUT2D eigenvalue weighted by molar-refractivity contribution is 9.10. The van der Waals surface area contributed by atoms with E-state index in [9.17, 15) is 9.59 Å². The van der Waals surface area contributed by atoms with E-state index < -0.39 is 11.9 Å². The molecule has 1 heterocycles. The Morgan fingerprint density at radius 1 is 1.50 bits per heavy atom. The quantitative estimate of drug-likeness (QED) is 0.829. The third-order valence-electron chi connectivity index (χ3n) is 3.52. The second kappa shape index (κ2) is 7.00. The number of hydrogen-bond donors (Lipinski definition) is 1. The van der Waals surface area contributed by atoms with Gasteiger partial charge in [0, 0.05) is 19.5 Å². The number of amides is 1. The van der Waals surface area contributed by atoms with Crippen LogP contribution in [0.1, 0.15) is 18.9 Å². The SMILES string of the molecule is CCOc1c(Br)cc(CN2CC(C(=O)O)CC2=O)cc1OC. The molecule has 0 radical (unpaired) electrons. The summed E-state index contributed by atoms with van der Waals surface area (Å²) in [6.07, 6.45) is 0.0602. The Kier molecular flexibility index (Phi) is 5.28. The highest BCUT2D eigenvalue weighted by atomic mass is 79.9. The molecule has 120 valence electrons. The van der Waals surface area contributed by atoms with E-state index in [0.717, 1.165) is 10.0 Å². The standard InChI is InChI=1S/C15H18BrNO5/c1-3-22-14-11(16)4-9(5-12(14)21-2)7-17-8-10(15(19)20)6-13(17)18/h4-5,10H,3,6-8H2,1-2H3,(H,19,20). The molecular formula is C15H18BrNO5. The van der Waals surface area contributed by atoms with Crippen molar-refractivity contribution in [1.82, 2.24) is 4.90 Å². The normalized spacial score (nSPS) is 17.7. The fourth-order valence-electron chi connectivity index (χ4n) is 2.46. The van der Waals surface area contributed by atoms with E-state index in [1.54, 1.807) is 18.1 Å². The molecule has 1 saturated heterocycles. The van der Waals surface area contributed by atoms with Crippen molar-refractivity contribution in [1.29, 1.82) is 0 Å². The molecule has 1 N–H and O–H groups in total. The van der Waals surface area contributed by atoms with Gasteiger partial charge >= 0.3 is 5.97 Å². The van der Waals surface area contributed by atoms with E-state index in [0.29, 0.717) is 24.7 Å². The number of aliphatic carboxylic acids is 1. The van der Waals surface area contributed by atoms with Crippen molar-refractivity contribution < 1.29 is 24.2 Å². The maximum absolute atomic E-state index is 11.9. The van der Waals surface area contributed by atoms with Crippen LogP contribution in [-0.2, 0) is 16.1 Å². The van der Waals surface area contributed by atoms with Gasteiger partial charge in [-0.2, -0.15) is 0 Å². The number of carbonyl (C=O) groups excluding carboxylic acids is 1. The Hall–Kier alpha value is -1.76. The zero-order valence-electron chi connectivity index (χ0n) is 12.5. The Bertz CT molecular complexity index is 590. The summed E-state index contributed by atoms with van der Waals surface area (Å²) >= 11 is 3.44. The largest absolute Gasteiger partial charge is 0.493 e. The van der Waals surface area contributed by atoms with Crippen LogP contribution in [-0.4, -0.2) is 42.1 Å². The topological polar surface area (TPSA) is 76.1 Å². The Morgan fingerprint density at radius 2 is 2.23 bits per heavy atom. The van der Waals surface area contributed by atoms with Gasteiger partial charge in [0.05, 0.1) is 24.1 Å². The zero-order valence-corrected chi connectivity index (χ0v) is 14.1. The second-order valence-corrected chi connectivity index (χ2v) is 5.91. The number of halogens is 1. The molecule has 1 unspecified atom stereocenters. The Morgan fingerprint density at radius 3 is 2.77 bits per heavy atom. The van der Waals surface area contributed by atoms with Gasteiger partial charge < -0.3 is 19.5 Å². The summed E-state index contributed by atoms with van der Waals surface area (Å²) in [4.78, 5) is 24.4. The van der Waals surface area contributed by atoms with Crippen LogP contribution in [0.3, 0.4) is 0 Å². The average molecular weight is 372 g/mol. The van der Waals surface area contributed by atoms with Gasteiger partial charge in [0.25, 0.3) is 0 Å². The van der Waals surface area contributed by atoms with Crippen molar-refractivity contribution in [2.45, 2.75) is 19.9 Å². The summed E-state index contributed by atoms with van der Waals surface area (Å²) in [5.41, 5.74) is 0.853. The van der Waals surface area contributed by atoms with Crippen molar-refractivity contribution in [2.24, 2.45) is 5.92 Å². The zero-order chi connectivity index (χ0) is 16.3. The van der Waals surface area contributed by atoms with Gasteiger partial charge in [-0.05, 0) is 40.5 Å². The number of nitrogens with zero attached hydrogens (tertiary/aromatic N) is 1. The van der Waals surface area contributed by atoms with Gasteiger partial charge in [0.2, 0.25) is 5.91 Å². The minimum atomic E-state index is -0.929. The Labute approximate surface area is 137 Å². The van der Waals surface area contributed by atoms with Crippen LogP contribution >= 0.6 is 15.9 Å². The maximum Gasteiger partial charge on any atom is 0.308 e. The first-order chi connectivity index (χ1) is 10.5. The summed E-state index contributed by atoms with van der Waals surface area (Å²) in [7, 11) is 1.55. The first kappa shape index (κ1) is 16.6. The fraction of sp³-hybridized carbons (Fsp3) is 0.467. The third-order valence-corrected chi connectivity index (χ3v) is 4.10. The van der Waals surface area contributed by atoms with Crippen molar-refractivity contribution in [3.63, 3.8) is 0 Å². The van der Waals surface area contributed by atoms with Crippen LogP contribution in [0.15, 0.2) is 16.6 Å². The lowest BCUT2D eigenvalue weighted by Crippen LogP contribution is -2.25. The van der Waals surface area contributed by atoms with Crippen molar-refractivity contribution >= 4 is 27.8 Å². The number of benzene rings is 1. The predicted molar refractivity (Wildman–Crippen MR) is 83.0 cm³/mol. The number of carboxylic acids is 1.